The van der Waals surface area contributed by atoms with Gasteiger partial charge in [0.05, 0.1) is 17.7 Å². The lowest BCUT2D eigenvalue weighted by atomic mass is 10.2. The zero-order valence-electron chi connectivity index (χ0n) is 14.7. The van der Waals surface area contributed by atoms with E-state index in [9.17, 15) is 14.0 Å². The third-order valence-electron chi connectivity index (χ3n) is 4.10. The van der Waals surface area contributed by atoms with Crippen LogP contribution in [0.4, 0.5) is 20.6 Å². The van der Waals surface area contributed by atoms with Gasteiger partial charge in [0.2, 0.25) is 5.91 Å². The van der Waals surface area contributed by atoms with Crippen molar-refractivity contribution in [3.8, 4) is 5.75 Å². The quantitative estimate of drug-likeness (QED) is 0.814. The van der Waals surface area contributed by atoms with Crippen LogP contribution in [0.25, 0.3) is 0 Å². The second kappa shape index (κ2) is 8.26. The van der Waals surface area contributed by atoms with Gasteiger partial charge in [-0.15, -0.1) is 0 Å². The number of carbonyl (C=O) groups is 2. The van der Waals surface area contributed by atoms with E-state index in [0.29, 0.717) is 18.8 Å². The van der Waals surface area contributed by atoms with Crippen molar-refractivity contribution in [2.45, 2.75) is 19.4 Å². The molecule has 0 bridgehead atoms. The van der Waals surface area contributed by atoms with Gasteiger partial charge in [-0.3, -0.25) is 4.79 Å². The lowest BCUT2D eigenvalue weighted by Crippen LogP contribution is -2.39. The molecule has 0 aliphatic carbocycles. The molecule has 1 atom stereocenters. The maximum atomic E-state index is 13.2. The summed E-state index contributed by atoms with van der Waals surface area (Å²) in [6.07, 6.45) is 0.199. The molecule has 3 amide bonds. The molecule has 0 saturated carbocycles. The number of hydrogen-bond acceptors (Lipinski definition) is 3. The van der Waals surface area contributed by atoms with E-state index in [1.165, 1.54) is 18.2 Å². The van der Waals surface area contributed by atoms with Crippen LogP contribution < -0.4 is 20.3 Å². The van der Waals surface area contributed by atoms with Crippen LogP contribution in [0.5, 0.6) is 5.75 Å². The van der Waals surface area contributed by atoms with Crippen LogP contribution in [0.1, 0.15) is 13.3 Å². The summed E-state index contributed by atoms with van der Waals surface area (Å²) in [5, 5.41) is 5.25. The Kier molecular flexibility index (Phi) is 5.81. The molecule has 27 heavy (non-hydrogen) atoms. The Hall–Kier alpha value is -2.80. The minimum absolute atomic E-state index is 0.0747. The summed E-state index contributed by atoms with van der Waals surface area (Å²) >= 11 is 5.70. The SMILES string of the molecule is CCOc1ccc(N2CC(NC(=O)Nc3ccc(F)c(Cl)c3)CC2=O)cc1. The predicted molar refractivity (Wildman–Crippen MR) is 102 cm³/mol. The first-order valence-corrected chi connectivity index (χ1v) is 8.90. The Morgan fingerprint density at radius 1 is 1.30 bits per heavy atom. The lowest BCUT2D eigenvalue weighted by Gasteiger charge is -2.18. The normalized spacial score (nSPS) is 16.3. The number of hydrogen-bond donors (Lipinski definition) is 2. The average molecular weight is 392 g/mol. The van der Waals surface area contributed by atoms with Crippen molar-refractivity contribution in [2.75, 3.05) is 23.4 Å². The molecule has 1 aliphatic rings. The number of nitrogens with one attached hydrogen (secondary N) is 2. The number of ether oxygens (including phenoxy) is 1. The van der Waals surface area contributed by atoms with Crippen LogP contribution in [0, 0.1) is 5.82 Å². The van der Waals surface area contributed by atoms with E-state index in [4.69, 9.17) is 16.3 Å². The molecule has 142 valence electrons. The summed E-state index contributed by atoms with van der Waals surface area (Å²) in [6.45, 7) is 2.84. The van der Waals surface area contributed by atoms with E-state index in [1.54, 1.807) is 17.0 Å². The molecule has 1 unspecified atom stereocenters. The molecule has 2 aromatic carbocycles. The largest absolute Gasteiger partial charge is 0.494 e. The molecule has 1 aliphatic heterocycles. The van der Waals surface area contributed by atoms with E-state index in [0.717, 1.165) is 11.4 Å². The maximum Gasteiger partial charge on any atom is 0.319 e. The molecular weight excluding hydrogens is 373 g/mol. The van der Waals surface area contributed by atoms with Crippen LogP contribution in [0.15, 0.2) is 42.5 Å². The number of carbonyl (C=O) groups excluding carboxylic acids is 2. The van der Waals surface area contributed by atoms with Crippen LogP contribution in [-0.2, 0) is 4.79 Å². The number of amides is 3. The van der Waals surface area contributed by atoms with Gasteiger partial charge in [0, 0.05) is 24.3 Å². The standard InChI is InChI=1S/C19H19ClFN3O3/c1-2-27-15-6-4-14(5-7-15)24-11-13(10-18(24)25)23-19(26)22-12-3-8-17(21)16(20)9-12/h3-9,13H,2,10-11H2,1H3,(H2,22,23,26). The van der Waals surface area contributed by atoms with Crippen molar-refractivity contribution in [3.63, 3.8) is 0 Å². The van der Waals surface area contributed by atoms with Gasteiger partial charge < -0.3 is 20.3 Å². The minimum Gasteiger partial charge on any atom is -0.494 e. The molecule has 0 aromatic heterocycles. The molecule has 0 spiro atoms. The molecule has 1 saturated heterocycles. The van der Waals surface area contributed by atoms with E-state index in [2.05, 4.69) is 10.6 Å². The zero-order valence-corrected chi connectivity index (χ0v) is 15.4. The Labute approximate surface area is 161 Å². The highest BCUT2D eigenvalue weighted by molar-refractivity contribution is 6.31. The highest BCUT2D eigenvalue weighted by atomic mass is 35.5. The van der Waals surface area contributed by atoms with Crippen LogP contribution >= 0.6 is 11.6 Å². The molecular formula is C19H19ClFN3O3. The first kappa shape index (κ1) is 19.0. The number of urea groups is 1. The molecule has 3 rings (SSSR count). The third-order valence-corrected chi connectivity index (χ3v) is 4.39. The third kappa shape index (κ3) is 4.68. The van der Waals surface area contributed by atoms with Crippen LogP contribution in [0.2, 0.25) is 5.02 Å². The van der Waals surface area contributed by atoms with Crippen molar-refractivity contribution < 1.29 is 18.7 Å². The number of halogens is 2. The Morgan fingerprint density at radius 2 is 2.04 bits per heavy atom. The zero-order chi connectivity index (χ0) is 19.4. The first-order chi connectivity index (χ1) is 13.0. The predicted octanol–water partition coefficient (Wildman–Crippen LogP) is 3.80. The van der Waals surface area contributed by atoms with Crippen molar-refractivity contribution in [1.82, 2.24) is 5.32 Å². The fourth-order valence-electron chi connectivity index (χ4n) is 2.87. The minimum atomic E-state index is -0.560. The van der Waals surface area contributed by atoms with Crippen molar-refractivity contribution in [1.29, 1.82) is 0 Å². The lowest BCUT2D eigenvalue weighted by molar-refractivity contribution is -0.117. The Balaban J connectivity index is 1.58. The van der Waals surface area contributed by atoms with Gasteiger partial charge in [0.15, 0.2) is 0 Å². The highest BCUT2D eigenvalue weighted by Crippen LogP contribution is 2.24. The summed E-state index contributed by atoms with van der Waals surface area (Å²) in [5.74, 6) is 0.101. The van der Waals surface area contributed by atoms with E-state index in [1.807, 2.05) is 19.1 Å². The Bertz CT molecular complexity index is 845. The molecule has 2 aromatic rings. The van der Waals surface area contributed by atoms with Crippen LogP contribution in [0.3, 0.4) is 0 Å². The summed E-state index contributed by atoms with van der Waals surface area (Å²) in [7, 11) is 0. The monoisotopic (exact) mass is 391 g/mol. The van der Waals surface area contributed by atoms with E-state index >= 15 is 0 Å². The molecule has 8 heteroatoms. The van der Waals surface area contributed by atoms with Crippen molar-refractivity contribution in [3.05, 3.63) is 53.3 Å². The van der Waals surface area contributed by atoms with Crippen molar-refractivity contribution >= 4 is 34.9 Å². The highest BCUT2D eigenvalue weighted by Gasteiger charge is 2.31. The van der Waals surface area contributed by atoms with Gasteiger partial charge in [-0.25, -0.2) is 9.18 Å². The van der Waals surface area contributed by atoms with Gasteiger partial charge >= 0.3 is 6.03 Å². The number of rotatable bonds is 5. The maximum absolute atomic E-state index is 13.2. The van der Waals surface area contributed by atoms with Gasteiger partial charge in [-0.05, 0) is 49.4 Å². The molecule has 1 heterocycles. The molecule has 6 nitrogen and oxygen atoms in total. The number of benzene rings is 2. The number of nitrogens with zero attached hydrogens (tertiary/aromatic N) is 1. The second-order valence-corrected chi connectivity index (χ2v) is 6.47. The summed E-state index contributed by atoms with van der Waals surface area (Å²) in [6, 6.07) is 10.3. The van der Waals surface area contributed by atoms with Gasteiger partial charge in [0.25, 0.3) is 0 Å². The van der Waals surface area contributed by atoms with Gasteiger partial charge in [-0.2, -0.15) is 0 Å². The summed E-state index contributed by atoms with van der Waals surface area (Å²) in [4.78, 5) is 26.0. The second-order valence-electron chi connectivity index (χ2n) is 6.06. The fraction of sp³-hybridized carbons (Fsp3) is 0.263. The smallest absolute Gasteiger partial charge is 0.319 e. The Morgan fingerprint density at radius 3 is 2.70 bits per heavy atom. The fourth-order valence-corrected chi connectivity index (χ4v) is 3.05. The summed E-state index contributed by atoms with van der Waals surface area (Å²) < 4.78 is 18.6. The van der Waals surface area contributed by atoms with Crippen LogP contribution in [-0.4, -0.2) is 31.1 Å². The molecule has 0 radical (unpaired) electrons. The number of anilines is 2. The van der Waals surface area contributed by atoms with Gasteiger partial charge in [-0.1, -0.05) is 11.6 Å². The first-order valence-electron chi connectivity index (χ1n) is 8.52. The van der Waals surface area contributed by atoms with E-state index < -0.39 is 11.8 Å². The average Bonchev–Trinajstić information content (AvgIpc) is 2.99. The topological polar surface area (TPSA) is 70.7 Å². The van der Waals surface area contributed by atoms with Crippen molar-refractivity contribution in [2.24, 2.45) is 0 Å². The molecule has 1 fully saturated rings. The summed E-state index contributed by atoms with van der Waals surface area (Å²) in [5.41, 5.74) is 1.12. The molecule has 2 N–H and O–H groups in total. The van der Waals surface area contributed by atoms with E-state index in [-0.39, 0.29) is 23.4 Å². The van der Waals surface area contributed by atoms with Gasteiger partial charge in [0.1, 0.15) is 11.6 Å².